The highest BCUT2D eigenvalue weighted by molar-refractivity contribution is 5.91. The SMILES string of the molecule is COc1ccc(C(=O)Oc2cc(-c3ccccc3)nn2-c2ccc([N+](=O)[O-])cc2)cc1. The third kappa shape index (κ3) is 4.27. The van der Waals surface area contributed by atoms with Gasteiger partial charge in [-0.2, -0.15) is 9.78 Å². The molecule has 1 heterocycles. The summed E-state index contributed by atoms with van der Waals surface area (Å²) in [5.74, 6) is 0.248. The van der Waals surface area contributed by atoms with Crippen molar-refractivity contribution in [3.05, 3.63) is 101 Å². The molecule has 0 saturated heterocycles. The van der Waals surface area contributed by atoms with Crippen molar-refractivity contribution in [2.45, 2.75) is 0 Å². The van der Waals surface area contributed by atoms with Crippen LogP contribution in [-0.2, 0) is 0 Å². The number of nitro groups is 1. The number of hydrogen-bond acceptors (Lipinski definition) is 6. The number of nitro benzene ring substituents is 1. The van der Waals surface area contributed by atoms with Crippen LogP contribution in [0.1, 0.15) is 10.4 Å². The van der Waals surface area contributed by atoms with E-state index in [-0.39, 0.29) is 11.6 Å². The van der Waals surface area contributed by atoms with Crippen molar-refractivity contribution < 1.29 is 19.2 Å². The van der Waals surface area contributed by atoms with E-state index in [9.17, 15) is 14.9 Å². The van der Waals surface area contributed by atoms with Crippen LogP contribution in [0.25, 0.3) is 16.9 Å². The first-order valence-corrected chi connectivity index (χ1v) is 9.32. The molecule has 1 aromatic heterocycles. The second-order valence-corrected chi connectivity index (χ2v) is 6.54. The molecule has 0 saturated carbocycles. The Kier molecular flexibility index (Phi) is 5.44. The predicted octanol–water partition coefficient (Wildman–Crippen LogP) is 4.68. The molecule has 0 unspecified atom stereocenters. The van der Waals surface area contributed by atoms with E-state index in [1.54, 1.807) is 49.6 Å². The van der Waals surface area contributed by atoms with Gasteiger partial charge >= 0.3 is 5.97 Å². The standard InChI is InChI=1S/C23H17N3O5/c1-30-20-13-7-17(8-14-20)23(27)31-22-15-21(16-5-3-2-4-6-16)24-25(22)18-9-11-19(12-10-18)26(28)29/h2-15H,1H3. The highest BCUT2D eigenvalue weighted by atomic mass is 16.6. The molecule has 31 heavy (non-hydrogen) atoms. The summed E-state index contributed by atoms with van der Waals surface area (Å²) in [5, 5.41) is 15.5. The van der Waals surface area contributed by atoms with Crippen LogP contribution in [0.15, 0.2) is 84.9 Å². The first-order chi connectivity index (χ1) is 15.0. The molecule has 4 aromatic rings. The van der Waals surface area contributed by atoms with E-state index in [1.165, 1.54) is 16.8 Å². The number of aromatic nitrogens is 2. The molecule has 0 aliphatic heterocycles. The number of methoxy groups -OCH3 is 1. The smallest absolute Gasteiger partial charge is 0.344 e. The molecule has 0 N–H and O–H groups in total. The van der Waals surface area contributed by atoms with Crippen LogP contribution in [0.3, 0.4) is 0 Å². The monoisotopic (exact) mass is 415 g/mol. The van der Waals surface area contributed by atoms with Crippen LogP contribution in [0.2, 0.25) is 0 Å². The fourth-order valence-corrected chi connectivity index (χ4v) is 2.97. The number of esters is 1. The van der Waals surface area contributed by atoms with Crippen LogP contribution < -0.4 is 9.47 Å². The third-order valence-electron chi connectivity index (χ3n) is 4.57. The molecular formula is C23H17N3O5. The Balaban J connectivity index is 1.71. The zero-order valence-corrected chi connectivity index (χ0v) is 16.5. The summed E-state index contributed by atoms with van der Waals surface area (Å²) in [7, 11) is 1.54. The highest BCUT2D eigenvalue weighted by Crippen LogP contribution is 2.28. The van der Waals surface area contributed by atoms with Gasteiger partial charge in [0.2, 0.25) is 5.88 Å². The minimum Gasteiger partial charge on any atom is -0.497 e. The molecule has 4 rings (SSSR count). The number of benzene rings is 3. The van der Waals surface area contributed by atoms with Gasteiger partial charge in [0.15, 0.2) is 0 Å². The normalized spacial score (nSPS) is 10.5. The first-order valence-electron chi connectivity index (χ1n) is 9.32. The van der Waals surface area contributed by atoms with Crippen molar-refractivity contribution in [3.63, 3.8) is 0 Å². The summed E-state index contributed by atoms with van der Waals surface area (Å²) in [6.45, 7) is 0. The molecule has 0 atom stereocenters. The van der Waals surface area contributed by atoms with Crippen LogP contribution in [0.5, 0.6) is 11.6 Å². The van der Waals surface area contributed by atoms with Gasteiger partial charge in [-0.1, -0.05) is 30.3 Å². The van der Waals surface area contributed by atoms with Crippen molar-refractivity contribution in [2.75, 3.05) is 7.11 Å². The van der Waals surface area contributed by atoms with Gasteiger partial charge < -0.3 is 9.47 Å². The Hall–Kier alpha value is -4.46. The minimum atomic E-state index is -0.565. The Bertz CT molecular complexity index is 1220. The highest BCUT2D eigenvalue weighted by Gasteiger charge is 2.18. The lowest BCUT2D eigenvalue weighted by atomic mass is 10.2. The zero-order chi connectivity index (χ0) is 21.8. The minimum absolute atomic E-state index is 0.0454. The number of rotatable bonds is 6. The summed E-state index contributed by atoms with van der Waals surface area (Å²) >= 11 is 0. The van der Waals surface area contributed by atoms with Gasteiger partial charge in [0.05, 0.1) is 29.0 Å². The number of carbonyl (C=O) groups is 1. The van der Waals surface area contributed by atoms with Crippen molar-refractivity contribution in [2.24, 2.45) is 0 Å². The van der Waals surface area contributed by atoms with E-state index in [0.717, 1.165) is 5.56 Å². The van der Waals surface area contributed by atoms with Gasteiger partial charge in [0.1, 0.15) is 5.75 Å². The Labute approximate surface area is 177 Å². The van der Waals surface area contributed by atoms with Gasteiger partial charge in [-0.05, 0) is 36.4 Å². The molecule has 0 radical (unpaired) electrons. The first kappa shape index (κ1) is 19.8. The van der Waals surface area contributed by atoms with E-state index >= 15 is 0 Å². The Morgan fingerprint density at radius 3 is 2.26 bits per heavy atom. The lowest BCUT2D eigenvalue weighted by Gasteiger charge is -2.08. The number of nitrogens with zero attached hydrogens (tertiary/aromatic N) is 3. The number of carbonyl (C=O) groups excluding carboxylic acids is 1. The maximum absolute atomic E-state index is 12.7. The molecule has 0 fully saturated rings. The molecule has 3 aromatic carbocycles. The fraction of sp³-hybridized carbons (Fsp3) is 0.0435. The van der Waals surface area contributed by atoms with Gasteiger partial charge in [-0.25, -0.2) is 4.79 Å². The molecular weight excluding hydrogens is 398 g/mol. The van der Waals surface area contributed by atoms with Crippen molar-refractivity contribution >= 4 is 11.7 Å². The lowest BCUT2D eigenvalue weighted by molar-refractivity contribution is -0.384. The molecule has 8 nitrogen and oxygen atoms in total. The Morgan fingerprint density at radius 1 is 0.968 bits per heavy atom. The molecule has 0 aliphatic rings. The average molecular weight is 415 g/mol. The van der Waals surface area contributed by atoms with Crippen molar-refractivity contribution in [3.8, 4) is 28.6 Å². The maximum atomic E-state index is 12.7. The van der Waals surface area contributed by atoms with Crippen LogP contribution in [0.4, 0.5) is 5.69 Å². The molecule has 8 heteroatoms. The van der Waals surface area contributed by atoms with Crippen molar-refractivity contribution in [1.82, 2.24) is 9.78 Å². The maximum Gasteiger partial charge on any atom is 0.344 e. The fourth-order valence-electron chi connectivity index (χ4n) is 2.97. The third-order valence-corrected chi connectivity index (χ3v) is 4.57. The molecule has 154 valence electrons. The largest absolute Gasteiger partial charge is 0.497 e. The summed E-state index contributed by atoms with van der Waals surface area (Å²) in [5.41, 5.74) is 2.25. The second-order valence-electron chi connectivity index (χ2n) is 6.54. The lowest BCUT2D eigenvalue weighted by Crippen LogP contribution is -2.11. The van der Waals surface area contributed by atoms with Gasteiger partial charge in [-0.15, -0.1) is 0 Å². The van der Waals surface area contributed by atoms with E-state index in [4.69, 9.17) is 9.47 Å². The van der Waals surface area contributed by atoms with Crippen LogP contribution in [-0.4, -0.2) is 27.8 Å². The van der Waals surface area contributed by atoms with E-state index < -0.39 is 10.9 Å². The molecule has 0 spiro atoms. The summed E-state index contributed by atoms with van der Waals surface area (Å²) in [6, 6.07) is 23.4. The molecule has 0 amide bonds. The zero-order valence-electron chi connectivity index (χ0n) is 16.5. The summed E-state index contributed by atoms with van der Waals surface area (Å²) in [4.78, 5) is 23.2. The molecule has 0 aliphatic carbocycles. The van der Waals surface area contributed by atoms with Crippen molar-refractivity contribution in [1.29, 1.82) is 0 Å². The summed E-state index contributed by atoms with van der Waals surface area (Å²) < 4.78 is 12.2. The van der Waals surface area contributed by atoms with E-state index in [0.29, 0.717) is 22.7 Å². The van der Waals surface area contributed by atoms with E-state index in [2.05, 4.69) is 5.10 Å². The molecule has 0 bridgehead atoms. The van der Waals surface area contributed by atoms with Gasteiger partial charge in [-0.3, -0.25) is 10.1 Å². The predicted molar refractivity (Wildman–Crippen MR) is 114 cm³/mol. The quantitative estimate of drug-likeness (QED) is 0.258. The Morgan fingerprint density at radius 2 is 1.65 bits per heavy atom. The van der Waals surface area contributed by atoms with E-state index in [1.807, 2.05) is 30.3 Å². The number of non-ortho nitro benzene ring substituents is 1. The van der Waals surface area contributed by atoms with Gasteiger partial charge in [0, 0.05) is 23.8 Å². The summed E-state index contributed by atoms with van der Waals surface area (Å²) in [6.07, 6.45) is 0. The second kappa shape index (κ2) is 8.50. The van der Waals surface area contributed by atoms with Crippen LogP contribution >= 0.6 is 0 Å². The number of ether oxygens (including phenoxy) is 2. The van der Waals surface area contributed by atoms with Gasteiger partial charge in [0.25, 0.3) is 5.69 Å². The number of hydrogen-bond donors (Lipinski definition) is 0. The topological polar surface area (TPSA) is 96.5 Å². The van der Waals surface area contributed by atoms with Crippen LogP contribution in [0, 0.1) is 10.1 Å². The average Bonchev–Trinajstić information content (AvgIpc) is 3.23.